The maximum absolute atomic E-state index is 8.67. The Morgan fingerprint density at radius 1 is 1.46 bits per heavy atom. The summed E-state index contributed by atoms with van der Waals surface area (Å²) in [7, 11) is 0. The number of nitrogens with zero attached hydrogens (tertiary/aromatic N) is 4. The first-order valence-corrected chi connectivity index (χ1v) is 3.57. The van der Waals surface area contributed by atoms with Crippen LogP contribution in [0.1, 0.15) is 5.56 Å². The van der Waals surface area contributed by atoms with Crippen LogP contribution in [0.4, 0.5) is 5.82 Å². The van der Waals surface area contributed by atoms with Gasteiger partial charge in [-0.2, -0.15) is 5.26 Å². The Hall–Kier alpha value is -2.22. The molecular weight excluding hydrogens is 166 g/mol. The van der Waals surface area contributed by atoms with Crippen LogP contribution in [0.5, 0.6) is 0 Å². The molecule has 0 amide bonds. The molecule has 13 heavy (non-hydrogen) atoms. The molecule has 0 atom stereocenters. The van der Waals surface area contributed by atoms with E-state index >= 15 is 0 Å². The molecule has 0 aromatic carbocycles. The van der Waals surface area contributed by atoms with Crippen LogP contribution in [-0.4, -0.2) is 15.0 Å². The molecule has 0 spiro atoms. The number of pyridine rings is 1. The maximum Gasteiger partial charge on any atom is 0.164 e. The summed E-state index contributed by atoms with van der Waals surface area (Å²) < 4.78 is 0. The van der Waals surface area contributed by atoms with Crippen LogP contribution in [0.2, 0.25) is 0 Å². The van der Waals surface area contributed by atoms with Gasteiger partial charge in [0.05, 0.1) is 5.56 Å². The minimum Gasteiger partial charge on any atom is -0.383 e. The number of nitrogen functional groups attached to an aromatic ring is 1. The SMILES string of the molecule is N#Cc1cc2cncnc2nc1N. The van der Waals surface area contributed by atoms with Crippen LogP contribution in [-0.2, 0) is 0 Å². The van der Waals surface area contributed by atoms with Crippen LogP contribution in [0, 0.1) is 11.3 Å². The van der Waals surface area contributed by atoms with Gasteiger partial charge in [-0.25, -0.2) is 15.0 Å². The van der Waals surface area contributed by atoms with Gasteiger partial charge in [0, 0.05) is 11.6 Å². The number of anilines is 1. The molecule has 5 heteroatoms. The second-order valence-corrected chi connectivity index (χ2v) is 2.47. The summed E-state index contributed by atoms with van der Waals surface area (Å²) in [6, 6.07) is 3.57. The maximum atomic E-state index is 8.67. The Morgan fingerprint density at radius 3 is 3.08 bits per heavy atom. The Bertz CT molecular complexity index is 499. The minimum absolute atomic E-state index is 0.203. The minimum atomic E-state index is 0.203. The van der Waals surface area contributed by atoms with Crippen molar-refractivity contribution in [3.63, 3.8) is 0 Å². The molecule has 2 N–H and O–H groups in total. The highest BCUT2D eigenvalue weighted by Crippen LogP contribution is 2.14. The van der Waals surface area contributed by atoms with Gasteiger partial charge in [0.2, 0.25) is 0 Å². The van der Waals surface area contributed by atoms with E-state index in [-0.39, 0.29) is 5.82 Å². The van der Waals surface area contributed by atoms with Crippen LogP contribution >= 0.6 is 0 Å². The molecule has 0 aliphatic heterocycles. The number of hydrogen-bond acceptors (Lipinski definition) is 5. The molecular formula is C8H5N5. The zero-order valence-corrected chi connectivity index (χ0v) is 6.60. The molecule has 0 radical (unpaired) electrons. The summed E-state index contributed by atoms with van der Waals surface area (Å²) in [4.78, 5) is 11.7. The van der Waals surface area contributed by atoms with Crippen LogP contribution in [0.25, 0.3) is 11.0 Å². The van der Waals surface area contributed by atoms with Crippen molar-refractivity contribution in [3.05, 3.63) is 24.2 Å². The number of nitrogens with two attached hydrogens (primary N) is 1. The van der Waals surface area contributed by atoms with E-state index in [0.717, 1.165) is 0 Å². The molecule has 0 fully saturated rings. The topological polar surface area (TPSA) is 88.5 Å². The van der Waals surface area contributed by atoms with E-state index in [1.165, 1.54) is 6.33 Å². The fourth-order valence-corrected chi connectivity index (χ4v) is 1.02. The third-order valence-corrected chi connectivity index (χ3v) is 1.64. The van der Waals surface area contributed by atoms with Crippen LogP contribution in [0.15, 0.2) is 18.6 Å². The van der Waals surface area contributed by atoms with Gasteiger partial charge >= 0.3 is 0 Å². The highest BCUT2D eigenvalue weighted by molar-refractivity contribution is 5.77. The van der Waals surface area contributed by atoms with Crippen molar-refractivity contribution in [3.8, 4) is 6.07 Å². The van der Waals surface area contributed by atoms with E-state index in [1.54, 1.807) is 12.3 Å². The molecule has 0 aliphatic rings. The molecule has 5 nitrogen and oxygen atoms in total. The lowest BCUT2D eigenvalue weighted by atomic mass is 10.2. The zero-order valence-electron chi connectivity index (χ0n) is 6.60. The highest BCUT2D eigenvalue weighted by Gasteiger charge is 2.02. The molecule has 62 valence electrons. The first-order valence-electron chi connectivity index (χ1n) is 3.57. The summed E-state index contributed by atoms with van der Waals surface area (Å²) in [6.07, 6.45) is 2.98. The third-order valence-electron chi connectivity index (χ3n) is 1.64. The summed E-state index contributed by atoms with van der Waals surface area (Å²) in [5.41, 5.74) is 6.36. The summed E-state index contributed by atoms with van der Waals surface area (Å²) in [5, 5.41) is 9.38. The molecule has 0 bridgehead atoms. The first kappa shape index (κ1) is 7.43. The molecule has 2 rings (SSSR count). The van der Waals surface area contributed by atoms with E-state index in [4.69, 9.17) is 11.0 Å². The lowest BCUT2D eigenvalue weighted by molar-refractivity contribution is 1.18. The molecule has 2 heterocycles. The number of hydrogen-bond donors (Lipinski definition) is 1. The molecule has 2 aromatic rings. The number of nitriles is 1. The number of fused-ring (bicyclic) bond motifs is 1. The van der Waals surface area contributed by atoms with Crippen molar-refractivity contribution in [2.45, 2.75) is 0 Å². The average molecular weight is 171 g/mol. The summed E-state index contributed by atoms with van der Waals surface area (Å²) in [5.74, 6) is 0.203. The standard InChI is InChI=1S/C8H5N5/c9-2-5-1-6-3-11-4-12-8(6)13-7(5)10/h1,3-4H,(H2,10,11,12,13). The van der Waals surface area contributed by atoms with Crippen molar-refractivity contribution in [1.82, 2.24) is 15.0 Å². The van der Waals surface area contributed by atoms with E-state index in [0.29, 0.717) is 16.6 Å². The molecule has 0 saturated heterocycles. The quantitative estimate of drug-likeness (QED) is 0.622. The second kappa shape index (κ2) is 2.68. The fourth-order valence-electron chi connectivity index (χ4n) is 1.02. The Balaban J connectivity index is 2.83. The summed E-state index contributed by atoms with van der Waals surface area (Å²) in [6.45, 7) is 0. The van der Waals surface area contributed by atoms with Gasteiger partial charge in [0.1, 0.15) is 18.2 Å². The molecule has 0 aliphatic carbocycles. The molecule has 0 unspecified atom stereocenters. The van der Waals surface area contributed by atoms with Crippen molar-refractivity contribution in [2.75, 3.05) is 5.73 Å². The van der Waals surface area contributed by atoms with Crippen molar-refractivity contribution in [2.24, 2.45) is 0 Å². The van der Waals surface area contributed by atoms with Crippen molar-refractivity contribution >= 4 is 16.9 Å². The van der Waals surface area contributed by atoms with E-state index in [9.17, 15) is 0 Å². The predicted molar refractivity (Wildman–Crippen MR) is 46.5 cm³/mol. The second-order valence-electron chi connectivity index (χ2n) is 2.47. The van der Waals surface area contributed by atoms with Crippen molar-refractivity contribution < 1.29 is 0 Å². The highest BCUT2D eigenvalue weighted by atomic mass is 14.9. The van der Waals surface area contributed by atoms with Gasteiger partial charge in [0.15, 0.2) is 5.65 Å². The normalized spacial score (nSPS) is 9.77. The Morgan fingerprint density at radius 2 is 2.31 bits per heavy atom. The lowest BCUT2D eigenvalue weighted by Gasteiger charge is -1.98. The Kier molecular flexibility index (Phi) is 1.53. The van der Waals surface area contributed by atoms with Gasteiger partial charge in [-0.15, -0.1) is 0 Å². The lowest BCUT2D eigenvalue weighted by Crippen LogP contribution is -1.96. The van der Waals surface area contributed by atoms with Crippen LogP contribution < -0.4 is 5.73 Å². The fraction of sp³-hybridized carbons (Fsp3) is 0. The van der Waals surface area contributed by atoms with Gasteiger partial charge in [0.25, 0.3) is 0 Å². The predicted octanol–water partition coefficient (Wildman–Crippen LogP) is 0.479. The smallest absolute Gasteiger partial charge is 0.164 e. The van der Waals surface area contributed by atoms with Crippen LogP contribution in [0.3, 0.4) is 0 Å². The van der Waals surface area contributed by atoms with Gasteiger partial charge in [-0.3, -0.25) is 0 Å². The van der Waals surface area contributed by atoms with Gasteiger partial charge in [-0.1, -0.05) is 0 Å². The molecule has 2 aromatic heterocycles. The first-order chi connectivity index (χ1) is 6.31. The van der Waals surface area contributed by atoms with Crippen molar-refractivity contribution in [1.29, 1.82) is 5.26 Å². The van der Waals surface area contributed by atoms with Gasteiger partial charge < -0.3 is 5.73 Å². The van der Waals surface area contributed by atoms with Gasteiger partial charge in [-0.05, 0) is 6.07 Å². The number of aromatic nitrogens is 3. The summed E-state index contributed by atoms with van der Waals surface area (Å²) >= 11 is 0. The monoisotopic (exact) mass is 171 g/mol. The third kappa shape index (κ3) is 1.14. The largest absolute Gasteiger partial charge is 0.383 e. The zero-order chi connectivity index (χ0) is 9.26. The van der Waals surface area contributed by atoms with E-state index in [2.05, 4.69) is 15.0 Å². The molecule has 0 saturated carbocycles. The van der Waals surface area contributed by atoms with E-state index < -0.39 is 0 Å². The van der Waals surface area contributed by atoms with E-state index in [1.807, 2.05) is 6.07 Å². The Labute approximate surface area is 73.9 Å². The average Bonchev–Trinajstić information content (AvgIpc) is 2.17. The number of rotatable bonds is 0.